The van der Waals surface area contributed by atoms with Gasteiger partial charge >= 0.3 is 0 Å². The first-order valence-electron chi connectivity index (χ1n) is 6.53. The van der Waals surface area contributed by atoms with E-state index < -0.39 is 0 Å². The lowest BCUT2D eigenvalue weighted by Gasteiger charge is -2.58. The predicted octanol–water partition coefficient (Wildman–Crippen LogP) is 4.61. The van der Waals surface area contributed by atoms with E-state index in [1.807, 2.05) is 12.1 Å². The number of alkyl halides is 1. The zero-order valence-corrected chi connectivity index (χ0v) is 12.7. The number of hydrogen-bond acceptors (Lipinski definition) is 1. The molecule has 0 aromatic heterocycles. The highest BCUT2D eigenvalue weighted by Crippen LogP contribution is 2.57. The van der Waals surface area contributed by atoms with Crippen molar-refractivity contribution in [2.24, 2.45) is 0 Å². The van der Waals surface area contributed by atoms with Crippen molar-refractivity contribution in [3.05, 3.63) is 71.8 Å². The zero-order chi connectivity index (χ0) is 13.5. The van der Waals surface area contributed by atoms with Crippen molar-refractivity contribution in [2.75, 3.05) is 0 Å². The van der Waals surface area contributed by atoms with Crippen LogP contribution in [0.2, 0.25) is 0 Å². The molecule has 2 heteroatoms. The third-order valence-corrected chi connectivity index (χ3v) is 5.83. The van der Waals surface area contributed by atoms with E-state index in [1.54, 1.807) is 0 Å². The molecule has 1 saturated heterocycles. The Morgan fingerprint density at radius 3 is 1.47 bits per heavy atom. The maximum absolute atomic E-state index is 6.35. The highest BCUT2D eigenvalue weighted by Gasteiger charge is 2.60. The molecule has 1 fully saturated rings. The highest BCUT2D eigenvalue weighted by molar-refractivity contribution is 9.09. The van der Waals surface area contributed by atoms with Crippen molar-refractivity contribution in [3.8, 4) is 0 Å². The third-order valence-electron chi connectivity index (χ3n) is 4.09. The number of hydrogen-bond donors (Lipinski definition) is 0. The molecule has 0 bridgehead atoms. The van der Waals surface area contributed by atoms with Crippen LogP contribution >= 0.6 is 15.9 Å². The minimum Gasteiger partial charge on any atom is -0.357 e. The van der Waals surface area contributed by atoms with E-state index in [0.29, 0.717) is 0 Å². The van der Waals surface area contributed by atoms with Crippen LogP contribution in [0.15, 0.2) is 60.7 Å². The van der Waals surface area contributed by atoms with E-state index >= 15 is 0 Å². The van der Waals surface area contributed by atoms with E-state index in [1.165, 1.54) is 11.1 Å². The second-order valence-corrected chi connectivity index (χ2v) is 6.33. The number of rotatable bonds is 2. The molecular formula is C17H17BrO. The van der Waals surface area contributed by atoms with Crippen molar-refractivity contribution in [3.63, 3.8) is 0 Å². The normalized spacial score (nSPS) is 33.7. The van der Waals surface area contributed by atoms with Gasteiger partial charge in [0.25, 0.3) is 0 Å². The van der Waals surface area contributed by atoms with Gasteiger partial charge < -0.3 is 4.74 Å². The molecular weight excluding hydrogens is 300 g/mol. The van der Waals surface area contributed by atoms with Crippen molar-refractivity contribution >= 4 is 15.9 Å². The number of benzene rings is 2. The topological polar surface area (TPSA) is 9.23 Å². The van der Waals surface area contributed by atoms with E-state index in [-0.39, 0.29) is 16.0 Å². The summed E-state index contributed by atoms with van der Waals surface area (Å²) in [6.45, 7) is 4.29. The fourth-order valence-corrected chi connectivity index (χ4v) is 3.68. The zero-order valence-electron chi connectivity index (χ0n) is 11.1. The fraction of sp³-hybridized carbons (Fsp3) is 0.294. The maximum Gasteiger partial charge on any atom is 0.107 e. The summed E-state index contributed by atoms with van der Waals surface area (Å²) in [5, 5.41) is 0. The molecule has 0 N–H and O–H groups in total. The summed E-state index contributed by atoms with van der Waals surface area (Å²) in [7, 11) is 0. The van der Waals surface area contributed by atoms with Crippen LogP contribution in [0, 0.1) is 0 Å². The maximum atomic E-state index is 6.35. The molecule has 2 aromatic carbocycles. The smallest absolute Gasteiger partial charge is 0.107 e. The molecule has 3 rings (SSSR count). The van der Waals surface area contributed by atoms with Crippen molar-refractivity contribution in [2.45, 2.75) is 29.9 Å². The lowest BCUT2D eigenvalue weighted by Crippen LogP contribution is -2.62. The largest absolute Gasteiger partial charge is 0.357 e. The Balaban J connectivity index is 1.93. The minimum absolute atomic E-state index is 0.247. The van der Waals surface area contributed by atoms with Crippen molar-refractivity contribution < 1.29 is 4.74 Å². The Kier molecular flexibility index (Phi) is 3.03. The molecule has 1 nitrogen and oxygen atoms in total. The molecule has 0 aliphatic carbocycles. The molecule has 98 valence electrons. The predicted molar refractivity (Wildman–Crippen MR) is 81.4 cm³/mol. The minimum atomic E-state index is -0.272. The first-order valence-corrected chi connectivity index (χ1v) is 7.44. The molecule has 19 heavy (non-hydrogen) atoms. The van der Waals surface area contributed by atoms with Gasteiger partial charge in [-0.25, -0.2) is 0 Å². The van der Waals surface area contributed by atoms with Gasteiger partial charge in [-0.3, -0.25) is 0 Å². The first kappa shape index (κ1) is 12.9. The second kappa shape index (κ2) is 4.46. The Labute approximate surface area is 122 Å². The van der Waals surface area contributed by atoms with Crippen molar-refractivity contribution in [1.82, 2.24) is 0 Å². The highest BCUT2D eigenvalue weighted by atomic mass is 79.9. The van der Waals surface area contributed by atoms with Crippen LogP contribution in [0.4, 0.5) is 0 Å². The summed E-state index contributed by atoms with van der Waals surface area (Å²) in [5.41, 5.74) is 1.88. The average Bonchev–Trinajstić information content (AvgIpc) is 2.48. The van der Waals surface area contributed by atoms with Gasteiger partial charge in [-0.15, -0.1) is 0 Å². The van der Waals surface area contributed by atoms with Crippen LogP contribution in [-0.2, 0) is 15.9 Å². The lowest BCUT2D eigenvalue weighted by molar-refractivity contribution is -0.260. The fourth-order valence-electron chi connectivity index (χ4n) is 2.96. The standard InChI is InChI=1S/C17H17BrO/c1-16(13-9-5-3-6-10-13)15(18)17(2,19-16)14-11-7-4-8-12-14/h3-12,15H,1-2H3/t15?,16-,17+. The van der Waals surface area contributed by atoms with E-state index in [0.717, 1.165) is 0 Å². The van der Waals surface area contributed by atoms with Gasteiger partial charge in [-0.1, -0.05) is 76.6 Å². The van der Waals surface area contributed by atoms with Gasteiger partial charge in [0.05, 0.1) is 4.83 Å². The summed E-state index contributed by atoms with van der Waals surface area (Å²) < 4.78 is 6.35. The molecule has 0 saturated carbocycles. The molecule has 2 aromatic rings. The SMILES string of the molecule is C[C@@]1(c2ccccc2)O[C@](C)(c2ccccc2)C1Br. The Morgan fingerprint density at radius 2 is 1.16 bits per heavy atom. The van der Waals surface area contributed by atoms with Gasteiger partial charge in [0.2, 0.25) is 0 Å². The van der Waals surface area contributed by atoms with Crippen LogP contribution in [-0.4, -0.2) is 4.83 Å². The molecule has 1 aliphatic heterocycles. The van der Waals surface area contributed by atoms with Crippen LogP contribution in [0.1, 0.15) is 25.0 Å². The van der Waals surface area contributed by atoms with Crippen LogP contribution in [0.3, 0.4) is 0 Å². The lowest BCUT2D eigenvalue weighted by atomic mass is 9.73. The van der Waals surface area contributed by atoms with Crippen LogP contribution < -0.4 is 0 Å². The number of ether oxygens (including phenoxy) is 1. The van der Waals surface area contributed by atoms with E-state index in [2.05, 4.69) is 78.3 Å². The van der Waals surface area contributed by atoms with Gasteiger partial charge in [-0.05, 0) is 25.0 Å². The van der Waals surface area contributed by atoms with Crippen LogP contribution in [0.5, 0.6) is 0 Å². The van der Waals surface area contributed by atoms with Crippen molar-refractivity contribution in [1.29, 1.82) is 0 Å². The van der Waals surface area contributed by atoms with Gasteiger partial charge in [0.1, 0.15) is 11.2 Å². The Bertz CT molecular complexity index is 517. The monoisotopic (exact) mass is 316 g/mol. The third kappa shape index (κ3) is 1.86. The Morgan fingerprint density at radius 1 is 0.789 bits per heavy atom. The average molecular weight is 317 g/mol. The molecule has 0 amide bonds. The molecule has 0 spiro atoms. The molecule has 0 radical (unpaired) electrons. The van der Waals surface area contributed by atoms with Gasteiger partial charge in [0.15, 0.2) is 0 Å². The molecule has 1 aliphatic rings. The quantitative estimate of drug-likeness (QED) is 0.735. The van der Waals surface area contributed by atoms with Gasteiger partial charge in [-0.2, -0.15) is 0 Å². The first-order chi connectivity index (χ1) is 9.07. The van der Waals surface area contributed by atoms with E-state index in [4.69, 9.17) is 4.74 Å². The Hall–Kier alpha value is -1.12. The summed E-state index contributed by atoms with van der Waals surface area (Å²) in [6, 6.07) is 20.8. The van der Waals surface area contributed by atoms with Gasteiger partial charge in [0, 0.05) is 0 Å². The summed E-state index contributed by atoms with van der Waals surface area (Å²) in [6.07, 6.45) is 0. The second-order valence-electron chi connectivity index (χ2n) is 5.41. The summed E-state index contributed by atoms with van der Waals surface area (Å²) in [4.78, 5) is 0.247. The van der Waals surface area contributed by atoms with Crippen LogP contribution in [0.25, 0.3) is 0 Å². The summed E-state index contributed by atoms with van der Waals surface area (Å²) in [5.74, 6) is 0. The number of halogens is 1. The molecule has 1 unspecified atom stereocenters. The molecule has 1 heterocycles. The van der Waals surface area contributed by atoms with E-state index in [9.17, 15) is 0 Å². The molecule has 3 atom stereocenters. The summed E-state index contributed by atoms with van der Waals surface area (Å²) >= 11 is 3.85.